The Hall–Kier alpha value is -3.31. The first-order valence-corrected chi connectivity index (χ1v) is 9.80. The van der Waals surface area contributed by atoms with Crippen molar-refractivity contribution in [3.8, 4) is 11.5 Å². The molecule has 0 aliphatic carbocycles. The number of aromatic nitrogens is 2. The Morgan fingerprint density at radius 2 is 1.52 bits per heavy atom. The zero-order valence-corrected chi connectivity index (χ0v) is 16.4. The largest absolute Gasteiger partial charge is 0.490 e. The third-order valence-corrected chi connectivity index (χ3v) is 4.77. The number of fused-ring (bicyclic) bond motifs is 1. The molecule has 0 saturated heterocycles. The minimum atomic E-state index is -0.806. The van der Waals surface area contributed by atoms with Crippen molar-refractivity contribution in [2.75, 3.05) is 13.2 Å². The van der Waals surface area contributed by atoms with Crippen molar-refractivity contribution < 1.29 is 14.6 Å². The average Bonchev–Trinajstić information content (AvgIpc) is 3.14. The number of imidazole rings is 1. The van der Waals surface area contributed by atoms with Crippen LogP contribution in [0.5, 0.6) is 11.5 Å². The van der Waals surface area contributed by atoms with Gasteiger partial charge in [-0.15, -0.1) is 0 Å². The van der Waals surface area contributed by atoms with Crippen molar-refractivity contribution in [2.45, 2.75) is 19.6 Å². The smallest absolute Gasteiger partial charge is 0.161 e. The Morgan fingerprint density at radius 3 is 2.28 bits per heavy atom. The van der Waals surface area contributed by atoms with E-state index in [1.54, 1.807) is 0 Å². The van der Waals surface area contributed by atoms with Gasteiger partial charge in [0.15, 0.2) is 11.5 Å². The highest BCUT2D eigenvalue weighted by Gasteiger charge is 2.19. The lowest BCUT2D eigenvalue weighted by Crippen LogP contribution is -2.15. The molecule has 1 N–H and O–H groups in total. The molecule has 29 heavy (non-hydrogen) atoms. The number of ether oxygens (including phenoxy) is 2. The van der Waals surface area contributed by atoms with Crippen LogP contribution in [0.1, 0.15) is 24.4 Å². The molecule has 1 atom stereocenters. The number of aliphatic hydroxyl groups is 1. The maximum atomic E-state index is 11.0. The van der Waals surface area contributed by atoms with Crippen molar-refractivity contribution in [1.82, 2.24) is 9.55 Å². The highest BCUT2D eigenvalue weighted by Crippen LogP contribution is 2.28. The zero-order chi connectivity index (χ0) is 20.1. The third kappa shape index (κ3) is 4.10. The van der Waals surface area contributed by atoms with E-state index >= 15 is 0 Å². The molecular formula is C24H24N2O3. The standard InChI is InChI=1S/C24H24N2O3/c1-2-28-21-14-8-9-15-22(21)29-17-16-26-20-13-7-6-12-19(20)25-24(26)23(27)18-10-4-3-5-11-18/h3-15,23,27H,2,16-17H2,1H3. The van der Waals surface area contributed by atoms with Crippen molar-refractivity contribution >= 4 is 11.0 Å². The summed E-state index contributed by atoms with van der Waals surface area (Å²) in [7, 11) is 0. The van der Waals surface area contributed by atoms with E-state index < -0.39 is 6.10 Å². The highest BCUT2D eigenvalue weighted by molar-refractivity contribution is 5.76. The molecule has 3 aromatic carbocycles. The molecule has 0 spiro atoms. The second kappa shape index (κ2) is 8.80. The molecule has 1 unspecified atom stereocenters. The summed E-state index contributed by atoms with van der Waals surface area (Å²) >= 11 is 0. The summed E-state index contributed by atoms with van der Waals surface area (Å²) in [6.07, 6.45) is -0.806. The predicted octanol–water partition coefficient (Wildman–Crippen LogP) is 4.60. The quantitative estimate of drug-likeness (QED) is 0.479. The van der Waals surface area contributed by atoms with E-state index in [2.05, 4.69) is 0 Å². The van der Waals surface area contributed by atoms with Gasteiger partial charge in [-0.2, -0.15) is 0 Å². The number of rotatable bonds is 8. The predicted molar refractivity (Wildman–Crippen MR) is 113 cm³/mol. The van der Waals surface area contributed by atoms with Crippen molar-refractivity contribution in [3.63, 3.8) is 0 Å². The molecule has 0 amide bonds. The highest BCUT2D eigenvalue weighted by atomic mass is 16.5. The van der Waals surface area contributed by atoms with E-state index in [0.717, 1.165) is 22.3 Å². The Balaban J connectivity index is 1.60. The number of hydrogen-bond acceptors (Lipinski definition) is 4. The van der Waals surface area contributed by atoms with Crippen LogP contribution < -0.4 is 9.47 Å². The van der Waals surface area contributed by atoms with E-state index in [1.165, 1.54) is 0 Å². The van der Waals surface area contributed by atoms with Gasteiger partial charge in [-0.1, -0.05) is 54.6 Å². The van der Waals surface area contributed by atoms with Gasteiger partial charge in [-0.05, 0) is 36.8 Å². The van der Waals surface area contributed by atoms with Crippen LogP contribution in [0.3, 0.4) is 0 Å². The Bertz CT molecular complexity index is 1080. The minimum absolute atomic E-state index is 0.430. The Kier molecular flexibility index (Phi) is 5.77. The van der Waals surface area contributed by atoms with Crippen LogP contribution in [0.25, 0.3) is 11.0 Å². The molecule has 4 rings (SSSR count). The monoisotopic (exact) mass is 388 g/mol. The summed E-state index contributed by atoms with van der Waals surface area (Å²) in [5.74, 6) is 2.05. The van der Waals surface area contributed by atoms with E-state index in [9.17, 15) is 5.11 Å². The third-order valence-electron chi connectivity index (χ3n) is 4.77. The van der Waals surface area contributed by atoms with Gasteiger partial charge in [0.1, 0.15) is 18.5 Å². The topological polar surface area (TPSA) is 56.5 Å². The van der Waals surface area contributed by atoms with Crippen LogP contribution in [0.2, 0.25) is 0 Å². The molecule has 0 fully saturated rings. The van der Waals surface area contributed by atoms with Crippen LogP contribution in [0.15, 0.2) is 78.9 Å². The van der Waals surface area contributed by atoms with Gasteiger partial charge in [0.05, 0.1) is 24.2 Å². The first-order valence-electron chi connectivity index (χ1n) is 9.80. The molecule has 148 valence electrons. The van der Waals surface area contributed by atoms with E-state index in [-0.39, 0.29) is 0 Å². The maximum absolute atomic E-state index is 11.0. The van der Waals surface area contributed by atoms with Crippen LogP contribution in [0.4, 0.5) is 0 Å². The second-order valence-electron chi connectivity index (χ2n) is 6.65. The molecule has 5 nitrogen and oxygen atoms in total. The summed E-state index contributed by atoms with van der Waals surface area (Å²) < 4.78 is 13.7. The van der Waals surface area contributed by atoms with Crippen LogP contribution >= 0.6 is 0 Å². The first kappa shape index (κ1) is 19.0. The van der Waals surface area contributed by atoms with Gasteiger partial charge in [-0.25, -0.2) is 4.98 Å². The first-order chi connectivity index (χ1) is 14.3. The molecule has 1 heterocycles. The van der Waals surface area contributed by atoms with Crippen molar-refractivity contribution in [1.29, 1.82) is 0 Å². The minimum Gasteiger partial charge on any atom is -0.490 e. The maximum Gasteiger partial charge on any atom is 0.161 e. The lowest BCUT2D eigenvalue weighted by Gasteiger charge is -2.16. The number of benzene rings is 3. The van der Waals surface area contributed by atoms with E-state index in [0.29, 0.717) is 31.3 Å². The molecule has 0 saturated carbocycles. The van der Waals surface area contributed by atoms with Crippen molar-refractivity contribution in [3.05, 3.63) is 90.3 Å². The lowest BCUT2D eigenvalue weighted by molar-refractivity contribution is 0.201. The van der Waals surface area contributed by atoms with E-state index in [4.69, 9.17) is 14.5 Å². The van der Waals surface area contributed by atoms with Crippen LogP contribution in [0, 0.1) is 0 Å². The number of hydrogen-bond donors (Lipinski definition) is 1. The molecule has 1 aromatic heterocycles. The summed E-state index contributed by atoms with van der Waals surface area (Å²) in [5.41, 5.74) is 2.64. The van der Waals surface area contributed by atoms with Crippen LogP contribution in [-0.4, -0.2) is 27.9 Å². The van der Waals surface area contributed by atoms with Crippen molar-refractivity contribution in [2.24, 2.45) is 0 Å². The molecule has 0 aliphatic rings. The number of aliphatic hydroxyl groups excluding tert-OH is 1. The van der Waals surface area contributed by atoms with Gasteiger partial charge in [0.2, 0.25) is 0 Å². The fourth-order valence-electron chi connectivity index (χ4n) is 3.41. The van der Waals surface area contributed by atoms with Gasteiger partial charge in [-0.3, -0.25) is 0 Å². The zero-order valence-electron chi connectivity index (χ0n) is 16.4. The molecule has 0 radical (unpaired) electrons. The average molecular weight is 388 g/mol. The second-order valence-corrected chi connectivity index (χ2v) is 6.65. The number of para-hydroxylation sites is 4. The SMILES string of the molecule is CCOc1ccccc1OCCn1c(C(O)c2ccccc2)nc2ccccc21. The van der Waals surface area contributed by atoms with Gasteiger partial charge < -0.3 is 19.1 Å². The number of nitrogens with zero attached hydrogens (tertiary/aromatic N) is 2. The molecule has 5 heteroatoms. The summed E-state index contributed by atoms with van der Waals surface area (Å²) in [5, 5.41) is 11.0. The normalized spacial score (nSPS) is 12.1. The fraction of sp³-hybridized carbons (Fsp3) is 0.208. The summed E-state index contributed by atoms with van der Waals surface area (Å²) in [6, 6.07) is 25.1. The van der Waals surface area contributed by atoms with Gasteiger partial charge >= 0.3 is 0 Å². The Morgan fingerprint density at radius 1 is 0.862 bits per heavy atom. The molecule has 0 aliphatic heterocycles. The van der Waals surface area contributed by atoms with Crippen LogP contribution in [-0.2, 0) is 6.54 Å². The van der Waals surface area contributed by atoms with Gasteiger partial charge in [0, 0.05) is 0 Å². The van der Waals surface area contributed by atoms with Gasteiger partial charge in [0.25, 0.3) is 0 Å². The molecular weight excluding hydrogens is 364 g/mol. The Labute approximate surface area is 170 Å². The summed E-state index contributed by atoms with van der Waals surface area (Å²) in [4.78, 5) is 4.69. The molecule has 0 bridgehead atoms. The van der Waals surface area contributed by atoms with E-state index in [1.807, 2.05) is 90.4 Å². The fourth-order valence-corrected chi connectivity index (χ4v) is 3.41. The summed E-state index contributed by atoms with van der Waals surface area (Å²) in [6.45, 7) is 3.52. The lowest BCUT2D eigenvalue weighted by atomic mass is 10.1. The molecule has 4 aromatic rings.